The third-order valence-electron chi connectivity index (χ3n) is 3.46. The number of ether oxygens (including phenoxy) is 1. The van der Waals surface area contributed by atoms with Crippen LogP contribution in [0.2, 0.25) is 0 Å². The zero-order valence-corrected chi connectivity index (χ0v) is 16.9. The van der Waals surface area contributed by atoms with Gasteiger partial charge in [0.25, 0.3) is 10.1 Å². The quantitative estimate of drug-likeness (QED) is 0.690. The number of carbonyl (C=O) groups excluding carboxylic acids is 1. The molecule has 0 fully saturated rings. The van der Waals surface area contributed by atoms with Gasteiger partial charge in [-0.05, 0) is 52.7 Å². The van der Waals surface area contributed by atoms with Crippen LogP contribution in [0.4, 0.5) is 4.79 Å². The minimum atomic E-state index is -3.89. The third-order valence-corrected chi connectivity index (χ3v) is 4.76. The van der Waals surface area contributed by atoms with Gasteiger partial charge in [0.2, 0.25) is 0 Å². The average molecular weight is 387 g/mol. The van der Waals surface area contributed by atoms with Crippen molar-refractivity contribution < 1.29 is 27.2 Å². The molecule has 148 valence electrons. The molecule has 0 aliphatic rings. The van der Waals surface area contributed by atoms with Crippen LogP contribution in [0.25, 0.3) is 0 Å². The molecule has 0 saturated heterocycles. The maximum atomic E-state index is 12.0. The lowest BCUT2D eigenvalue weighted by molar-refractivity contribution is 0.0284. The first-order chi connectivity index (χ1) is 11.9. The summed E-state index contributed by atoms with van der Waals surface area (Å²) >= 11 is 0. The van der Waals surface area contributed by atoms with E-state index in [1.807, 2.05) is 6.92 Å². The highest BCUT2D eigenvalue weighted by molar-refractivity contribution is 7.86. The number of benzene rings is 1. The van der Waals surface area contributed by atoms with E-state index in [1.54, 1.807) is 40.0 Å². The number of hydrogen-bond acceptors (Lipinski definition) is 6. The van der Waals surface area contributed by atoms with Crippen molar-refractivity contribution >= 4 is 16.2 Å². The van der Waals surface area contributed by atoms with Crippen molar-refractivity contribution in [2.75, 3.05) is 20.2 Å². The molecule has 0 aliphatic heterocycles. The lowest BCUT2D eigenvalue weighted by Crippen LogP contribution is -2.35. The van der Waals surface area contributed by atoms with Gasteiger partial charge in [0.05, 0.1) is 17.6 Å². The van der Waals surface area contributed by atoms with Crippen molar-refractivity contribution in [1.82, 2.24) is 4.90 Å². The molecule has 0 aliphatic carbocycles. The lowest BCUT2D eigenvalue weighted by atomic mass is 10.2. The maximum absolute atomic E-state index is 12.0. The molecule has 1 aromatic rings. The van der Waals surface area contributed by atoms with Gasteiger partial charge in [-0.3, -0.25) is 4.18 Å². The third kappa shape index (κ3) is 8.16. The molecule has 0 spiro atoms. The van der Waals surface area contributed by atoms with Gasteiger partial charge in [0.15, 0.2) is 0 Å². The highest BCUT2D eigenvalue weighted by Crippen LogP contribution is 2.14. The van der Waals surface area contributed by atoms with E-state index in [2.05, 4.69) is 0 Å². The van der Waals surface area contributed by atoms with E-state index in [0.717, 1.165) is 5.56 Å². The molecule has 8 heteroatoms. The van der Waals surface area contributed by atoms with Crippen LogP contribution in [0.3, 0.4) is 0 Å². The van der Waals surface area contributed by atoms with E-state index in [-0.39, 0.29) is 11.5 Å². The molecule has 7 nitrogen and oxygen atoms in total. The fourth-order valence-corrected chi connectivity index (χ4v) is 2.96. The second kappa shape index (κ2) is 9.34. The molecule has 1 amide bonds. The average Bonchev–Trinajstić information content (AvgIpc) is 2.51. The van der Waals surface area contributed by atoms with Crippen molar-refractivity contribution in [1.29, 1.82) is 0 Å². The van der Waals surface area contributed by atoms with E-state index in [4.69, 9.17) is 8.92 Å². The zero-order chi connectivity index (χ0) is 20.0. The number of amides is 1. The zero-order valence-electron chi connectivity index (χ0n) is 16.1. The molecule has 0 saturated carbocycles. The number of nitrogens with zero attached hydrogens (tertiary/aromatic N) is 1. The fraction of sp³-hybridized carbons (Fsp3) is 0.611. The predicted molar refractivity (Wildman–Crippen MR) is 98.4 cm³/mol. The molecule has 0 aromatic heterocycles. The standard InChI is InChI=1S/C18H29NO6S/c1-14-8-10-16(11-9-14)26(22,23)24-13-15(20)7-6-12-19(5)17(21)25-18(2,3)4/h8-11,15,20H,6-7,12-13H2,1-5H3. The highest BCUT2D eigenvalue weighted by Gasteiger charge is 2.20. The molecule has 1 aromatic carbocycles. The Bertz CT molecular complexity index is 679. The summed E-state index contributed by atoms with van der Waals surface area (Å²) in [5, 5.41) is 9.92. The summed E-state index contributed by atoms with van der Waals surface area (Å²) in [6, 6.07) is 6.29. The van der Waals surface area contributed by atoms with Gasteiger partial charge in [-0.2, -0.15) is 8.42 Å². The Hall–Kier alpha value is -1.64. The summed E-state index contributed by atoms with van der Waals surface area (Å²) in [5.74, 6) is 0. The Morgan fingerprint density at radius 1 is 1.23 bits per heavy atom. The molecule has 26 heavy (non-hydrogen) atoms. The monoisotopic (exact) mass is 387 g/mol. The molecule has 0 bridgehead atoms. The van der Waals surface area contributed by atoms with Gasteiger partial charge in [-0.1, -0.05) is 17.7 Å². The Morgan fingerprint density at radius 3 is 2.35 bits per heavy atom. The smallest absolute Gasteiger partial charge is 0.410 e. The van der Waals surface area contributed by atoms with Crippen LogP contribution in [0.15, 0.2) is 29.2 Å². The van der Waals surface area contributed by atoms with Crippen molar-refractivity contribution in [3.8, 4) is 0 Å². The lowest BCUT2D eigenvalue weighted by Gasteiger charge is -2.24. The fourth-order valence-electron chi connectivity index (χ4n) is 2.02. The second-order valence-corrected chi connectivity index (χ2v) is 8.86. The molecule has 0 heterocycles. The van der Waals surface area contributed by atoms with Crippen molar-refractivity contribution in [3.05, 3.63) is 29.8 Å². The number of aryl methyl sites for hydroxylation is 1. The number of aliphatic hydroxyl groups excluding tert-OH is 1. The van der Waals surface area contributed by atoms with Crippen molar-refractivity contribution in [2.24, 2.45) is 0 Å². The Morgan fingerprint density at radius 2 is 1.81 bits per heavy atom. The normalized spacial score (nSPS) is 13.3. The molecular weight excluding hydrogens is 358 g/mol. The van der Waals surface area contributed by atoms with E-state index in [9.17, 15) is 18.3 Å². The first-order valence-corrected chi connectivity index (χ1v) is 9.90. The molecule has 1 atom stereocenters. The Labute approximate surface area is 156 Å². The topological polar surface area (TPSA) is 93.1 Å². The van der Waals surface area contributed by atoms with Gasteiger partial charge < -0.3 is 14.7 Å². The number of aliphatic hydroxyl groups is 1. The van der Waals surface area contributed by atoms with Gasteiger partial charge in [0, 0.05) is 13.6 Å². The van der Waals surface area contributed by atoms with Crippen LogP contribution >= 0.6 is 0 Å². The largest absolute Gasteiger partial charge is 0.444 e. The first kappa shape index (κ1) is 22.4. The van der Waals surface area contributed by atoms with Crippen LogP contribution < -0.4 is 0 Å². The van der Waals surface area contributed by atoms with Crippen LogP contribution in [0.5, 0.6) is 0 Å². The van der Waals surface area contributed by atoms with Crippen LogP contribution in [-0.2, 0) is 19.0 Å². The first-order valence-electron chi connectivity index (χ1n) is 8.49. The van der Waals surface area contributed by atoms with E-state index in [0.29, 0.717) is 19.4 Å². The van der Waals surface area contributed by atoms with E-state index >= 15 is 0 Å². The highest BCUT2D eigenvalue weighted by atomic mass is 32.2. The van der Waals surface area contributed by atoms with E-state index < -0.39 is 27.9 Å². The predicted octanol–water partition coefficient (Wildman–Crippen LogP) is 2.71. The van der Waals surface area contributed by atoms with Gasteiger partial charge >= 0.3 is 6.09 Å². The number of carbonyl (C=O) groups is 1. The van der Waals surface area contributed by atoms with E-state index in [1.165, 1.54) is 17.0 Å². The van der Waals surface area contributed by atoms with Crippen LogP contribution in [0, 0.1) is 6.92 Å². The summed E-state index contributed by atoms with van der Waals surface area (Å²) in [4.78, 5) is 13.3. The Kier molecular flexibility index (Phi) is 8.05. The Balaban J connectivity index is 2.37. The SMILES string of the molecule is Cc1ccc(S(=O)(=O)OCC(O)CCCN(C)C(=O)OC(C)(C)C)cc1. The minimum absolute atomic E-state index is 0.0555. The molecule has 1 rings (SSSR count). The van der Waals surface area contributed by atoms with Crippen LogP contribution in [-0.4, -0.2) is 56.4 Å². The number of hydrogen-bond donors (Lipinski definition) is 1. The summed E-state index contributed by atoms with van der Waals surface area (Å²) in [5.41, 5.74) is 0.376. The van der Waals surface area contributed by atoms with Gasteiger partial charge in [-0.15, -0.1) is 0 Å². The van der Waals surface area contributed by atoms with Crippen molar-refractivity contribution in [3.63, 3.8) is 0 Å². The number of rotatable bonds is 8. The van der Waals surface area contributed by atoms with Crippen molar-refractivity contribution in [2.45, 2.75) is 57.1 Å². The van der Waals surface area contributed by atoms with Crippen LogP contribution in [0.1, 0.15) is 39.2 Å². The van der Waals surface area contributed by atoms with Gasteiger partial charge in [0.1, 0.15) is 5.60 Å². The summed E-state index contributed by atoms with van der Waals surface area (Å²) in [6.07, 6.45) is -0.589. The maximum Gasteiger partial charge on any atom is 0.410 e. The van der Waals surface area contributed by atoms with Gasteiger partial charge in [-0.25, -0.2) is 4.79 Å². The minimum Gasteiger partial charge on any atom is -0.444 e. The second-order valence-electron chi connectivity index (χ2n) is 7.25. The molecule has 1 unspecified atom stereocenters. The summed E-state index contributed by atoms with van der Waals surface area (Å²) < 4.78 is 34.2. The molecule has 1 N–H and O–H groups in total. The summed E-state index contributed by atoms with van der Waals surface area (Å²) in [6.45, 7) is 7.27. The summed E-state index contributed by atoms with van der Waals surface area (Å²) in [7, 11) is -2.28. The molecule has 0 radical (unpaired) electrons. The molecular formula is C18H29NO6S.